The average Bonchev–Trinajstić information content (AvgIpc) is 3.49. The number of benzene rings is 1. The quantitative estimate of drug-likeness (QED) is 0.524. The number of rotatable bonds is 4. The minimum atomic E-state index is -0.153. The molecule has 1 saturated heterocycles. The average molecular weight is 439 g/mol. The summed E-state index contributed by atoms with van der Waals surface area (Å²) in [7, 11) is 0. The minimum Gasteiger partial charge on any atom is -0.506 e. The molecule has 7 heteroatoms. The first-order valence-corrected chi connectivity index (χ1v) is 11.1. The summed E-state index contributed by atoms with van der Waals surface area (Å²) in [4.78, 5) is 6.54. The van der Waals surface area contributed by atoms with Crippen molar-refractivity contribution >= 4 is 34.6 Å². The summed E-state index contributed by atoms with van der Waals surface area (Å²) in [5.41, 5.74) is 2.63. The number of nitrogens with zero attached hydrogens (tertiary/aromatic N) is 3. The van der Waals surface area contributed by atoms with Gasteiger partial charge in [-0.1, -0.05) is 30.5 Å². The molecule has 154 valence electrons. The van der Waals surface area contributed by atoms with Crippen LogP contribution in [0.3, 0.4) is 0 Å². The van der Waals surface area contributed by atoms with Crippen molar-refractivity contribution in [3.63, 3.8) is 0 Å². The van der Waals surface area contributed by atoms with Gasteiger partial charge in [-0.25, -0.2) is 0 Å². The molecule has 0 spiro atoms. The molecular formula is C23H23ClN4OS. The summed E-state index contributed by atoms with van der Waals surface area (Å²) in [6, 6.07) is 13.3. The summed E-state index contributed by atoms with van der Waals surface area (Å²) < 4.78 is 2.33. The van der Waals surface area contributed by atoms with Crippen molar-refractivity contribution in [3.8, 4) is 5.75 Å². The van der Waals surface area contributed by atoms with E-state index in [0.29, 0.717) is 21.9 Å². The second kappa shape index (κ2) is 7.93. The molecule has 30 heavy (non-hydrogen) atoms. The van der Waals surface area contributed by atoms with Crippen molar-refractivity contribution in [1.29, 1.82) is 0 Å². The number of anilines is 1. The van der Waals surface area contributed by atoms with Gasteiger partial charge in [-0.3, -0.25) is 4.98 Å². The van der Waals surface area contributed by atoms with Gasteiger partial charge in [0.25, 0.3) is 0 Å². The summed E-state index contributed by atoms with van der Waals surface area (Å²) >= 11 is 12.0. The van der Waals surface area contributed by atoms with Gasteiger partial charge in [-0.05, 0) is 67.0 Å². The lowest BCUT2D eigenvalue weighted by atomic mass is 9.98. The normalized spacial score (nSPS) is 21.9. The fourth-order valence-electron chi connectivity index (χ4n) is 4.68. The number of halogens is 1. The van der Waals surface area contributed by atoms with Crippen LogP contribution in [-0.2, 0) is 0 Å². The molecule has 2 aliphatic rings. The molecule has 1 aromatic carbocycles. The summed E-state index contributed by atoms with van der Waals surface area (Å²) in [6.07, 6.45) is 11.2. The highest BCUT2D eigenvalue weighted by Crippen LogP contribution is 2.45. The zero-order valence-electron chi connectivity index (χ0n) is 16.4. The Morgan fingerprint density at radius 3 is 2.73 bits per heavy atom. The Morgan fingerprint density at radius 2 is 1.97 bits per heavy atom. The van der Waals surface area contributed by atoms with Crippen molar-refractivity contribution < 1.29 is 5.11 Å². The molecule has 5 nitrogen and oxygen atoms in total. The molecule has 1 aliphatic heterocycles. The van der Waals surface area contributed by atoms with Crippen molar-refractivity contribution in [1.82, 2.24) is 14.9 Å². The highest BCUT2D eigenvalue weighted by atomic mass is 35.5. The Balaban J connectivity index is 1.60. The van der Waals surface area contributed by atoms with E-state index < -0.39 is 0 Å². The van der Waals surface area contributed by atoms with Gasteiger partial charge < -0.3 is 19.9 Å². The maximum absolute atomic E-state index is 10.6. The predicted molar refractivity (Wildman–Crippen MR) is 123 cm³/mol. The number of thiocarbonyl (C=S) groups is 1. The van der Waals surface area contributed by atoms with Crippen LogP contribution in [0.5, 0.6) is 5.75 Å². The van der Waals surface area contributed by atoms with E-state index in [1.54, 1.807) is 24.4 Å². The van der Waals surface area contributed by atoms with Crippen LogP contribution in [0.1, 0.15) is 55.1 Å². The largest absolute Gasteiger partial charge is 0.506 e. The molecule has 2 aromatic heterocycles. The van der Waals surface area contributed by atoms with Crippen LogP contribution >= 0.6 is 23.8 Å². The molecule has 2 fully saturated rings. The topological polar surface area (TPSA) is 53.3 Å². The number of hydrogen-bond donors (Lipinski definition) is 2. The monoisotopic (exact) mass is 438 g/mol. The Morgan fingerprint density at radius 1 is 1.13 bits per heavy atom. The number of hydrogen-bond acceptors (Lipinski definition) is 3. The first kappa shape index (κ1) is 19.4. The smallest absolute Gasteiger partial charge is 0.174 e. The minimum absolute atomic E-state index is 0.142. The molecule has 2 N–H and O–H groups in total. The van der Waals surface area contributed by atoms with Gasteiger partial charge in [0.15, 0.2) is 5.11 Å². The molecule has 0 unspecified atom stereocenters. The van der Waals surface area contributed by atoms with Crippen molar-refractivity contribution in [2.24, 2.45) is 0 Å². The standard InChI is InChI=1S/C23H23ClN4OS/c24-16-8-9-20(29)19(13-16)28-22(15-10-12-27(14-15)17-5-1-2-6-17)21(26-23(28)30)18-7-3-4-11-25-18/h3-4,7-14,17,21-22,29H,1-2,5-6H2,(H,26,30)/t21-,22-/m1/s1. The lowest BCUT2D eigenvalue weighted by Gasteiger charge is -2.28. The summed E-state index contributed by atoms with van der Waals surface area (Å²) in [5.74, 6) is 0.144. The van der Waals surface area contributed by atoms with Crippen molar-refractivity contribution in [3.05, 3.63) is 77.3 Å². The number of aromatic nitrogens is 2. The molecule has 1 saturated carbocycles. The van der Waals surface area contributed by atoms with Gasteiger partial charge in [0, 0.05) is 29.7 Å². The molecule has 0 radical (unpaired) electrons. The first-order valence-electron chi connectivity index (χ1n) is 10.3. The zero-order valence-corrected chi connectivity index (χ0v) is 18.0. The van der Waals surface area contributed by atoms with Crippen LogP contribution in [0.2, 0.25) is 5.02 Å². The van der Waals surface area contributed by atoms with E-state index in [0.717, 1.165) is 11.3 Å². The van der Waals surface area contributed by atoms with Crippen LogP contribution in [0.15, 0.2) is 61.1 Å². The molecule has 1 aliphatic carbocycles. The SMILES string of the molecule is Oc1ccc(Cl)cc1N1C(=S)N[C@H](c2ccccn2)[C@H]1c1ccn(C2CCCC2)c1. The third kappa shape index (κ3) is 3.44. The maximum atomic E-state index is 10.6. The van der Waals surface area contributed by atoms with Crippen molar-refractivity contribution in [2.45, 2.75) is 43.8 Å². The number of phenols is 1. The molecule has 2 atom stereocenters. The van der Waals surface area contributed by atoms with Gasteiger partial charge in [0.05, 0.1) is 23.5 Å². The number of nitrogens with one attached hydrogen (secondary N) is 1. The lowest BCUT2D eigenvalue weighted by molar-refractivity contribution is 0.472. The van der Waals surface area contributed by atoms with Crippen LogP contribution in [0, 0.1) is 0 Å². The molecule has 0 bridgehead atoms. The van der Waals surface area contributed by atoms with Gasteiger partial charge in [-0.15, -0.1) is 0 Å². The first-order chi connectivity index (χ1) is 14.6. The Bertz CT molecular complexity index is 1060. The van der Waals surface area contributed by atoms with E-state index in [-0.39, 0.29) is 17.8 Å². The number of pyridine rings is 1. The number of phenolic OH excluding ortho intramolecular Hbond substituents is 1. The van der Waals surface area contributed by atoms with E-state index >= 15 is 0 Å². The van der Waals surface area contributed by atoms with E-state index in [1.165, 1.54) is 25.7 Å². The molecular weight excluding hydrogens is 416 g/mol. The zero-order chi connectivity index (χ0) is 20.7. The van der Waals surface area contributed by atoms with Gasteiger partial charge >= 0.3 is 0 Å². The number of aromatic hydroxyl groups is 1. The van der Waals surface area contributed by atoms with E-state index in [2.05, 4.69) is 33.3 Å². The Kier molecular flexibility index (Phi) is 5.13. The van der Waals surface area contributed by atoms with E-state index in [9.17, 15) is 5.11 Å². The van der Waals surface area contributed by atoms with Crippen LogP contribution in [0.4, 0.5) is 5.69 Å². The van der Waals surface area contributed by atoms with Crippen LogP contribution < -0.4 is 10.2 Å². The summed E-state index contributed by atoms with van der Waals surface area (Å²) in [6.45, 7) is 0. The highest BCUT2D eigenvalue weighted by molar-refractivity contribution is 7.80. The van der Waals surface area contributed by atoms with Gasteiger partial charge in [0.2, 0.25) is 0 Å². The molecule has 3 aromatic rings. The van der Waals surface area contributed by atoms with Gasteiger partial charge in [0.1, 0.15) is 5.75 Å². The van der Waals surface area contributed by atoms with E-state index in [4.69, 9.17) is 23.8 Å². The molecule has 0 amide bonds. The predicted octanol–water partition coefficient (Wildman–Crippen LogP) is 5.53. The van der Waals surface area contributed by atoms with Crippen LogP contribution in [0.25, 0.3) is 0 Å². The maximum Gasteiger partial charge on any atom is 0.174 e. The summed E-state index contributed by atoms with van der Waals surface area (Å²) in [5, 5.41) is 15.1. The second-order valence-electron chi connectivity index (χ2n) is 7.96. The third-order valence-corrected chi connectivity index (χ3v) is 6.67. The Hall–Kier alpha value is -2.57. The third-order valence-electron chi connectivity index (χ3n) is 6.12. The highest BCUT2D eigenvalue weighted by Gasteiger charge is 2.42. The molecule has 5 rings (SSSR count). The lowest BCUT2D eigenvalue weighted by Crippen LogP contribution is -2.29. The second-order valence-corrected chi connectivity index (χ2v) is 8.78. The fourth-order valence-corrected chi connectivity index (χ4v) is 5.18. The van der Waals surface area contributed by atoms with Crippen LogP contribution in [-0.4, -0.2) is 19.8 Å². The van der Waals surface area contributed by atoms with E-state index in [1.807, 2.05) is 23.1 Å². The molecule has 3 heterocycles. The van der Waals surface area contributed by atoms with Crippen molar-refractivity contribution in [2.75, 3.05) is 4.90 Å². The Labute approximate surface area is 186 Å². The fraction of sp³-hybridized carbons (Fsp3) is 0.304. The van der Waals surface area contributed by atoms with Gasteiger partial charge in [-0.2, -0.15) is 0 Å².